The molecule has 0 bridgehead atoms. The molecule has 1 saturated carbocycles. The minimum Gasteiger partial charge on any atom is -0.454 e. The Morgan fingerprint density at radius 1 is 1.24 bits per heavy atom. The zero-order chi connectivity index (χ0) is 17.8. The first-order valence-electron chi connectivity index (χ1n) is 8.61. The van der Waals surface area contributed by atoms with Gasteiger partial charge < -0.3 is 15.8 Å². The zero-order valence-corrected chi connectivity index (χ0v) is 14.2. The van der Waals surface area contributed by atoms with E-state index in [1.54, 1.807) is 24.3 Å². The van der Waals surface area contributed by atoms with E-state index in [1.165, 1.54) is 6.07 Å². The van der Waals surface area contributed by atoms with Crippen LogP contribution in [0.2, 0.25) is 0 Å². The van der Waals surface area contributed by atoms with Crippen molar-refractivity contribution < 1.29 is 13.9 Å². The average molecular weight is 342 g/mol. The quantitative estimate of drug-likeness (QED) is 0.865. The van der Waals surface area contributed by atoms with Gasteiger partial charge in [-0.1, -0.05) is 24.3 Å². The van der Waals surface area contributed by atoms with Crippen LogP contribution in [0.5, 0.6) is 11.5 Å². The Balaban J connectivity index is 1.64. The van der Waals surface area contributed by atoms with Gasteiger partial charge in [0, 0.05) is 12.0 Å². The molecule has 0 saturated heterocycles. The summed E-state index contributed by atoms with van der Waals surface area (Å²) in [5.41, 5.74) is 6.56. The first-order chi connectivity index (χ1) is 12.0. The number of hydrogen-bond donors (Lipinski definition) is 2. The molecule has 3 N–H and O–H groups in total. The Morgan fingerprint density at radius 2 is 2.00 bits per heavy atom. The van der Waals surface area contributed by atoms with Gasteiger partial charge in [-0.25, -0.2) is 4.39 Å². The van der Waals surface area contributed by atoms with E-state index in [0.717, 1.165) is 19.3 Å². The van der Waals surface area contributed by atoms with E-state index in [9.17, 15) is 9.18 Å². The molecule has 1 aliphatic rings. The Bertz CT molecular complexity index is 736. The van der Waals surface area contributed by atoms with Crippen LogP contribution in [0.4, 0.5) is 4.39 Å². The van der Waals surface area contributed by atoms with Crippen molar-refractivity contribution >= 4 is 5.91 Å². The van der Waals surface area contributed by atoms with E-state index in [4.69, 9.17) is 10.5 Å². The molecule has 25 heavy (non-hydrogen) atoms. The number of carbonyl (C=O) groups is 1. The molecule has 3 rings (SSSR count). The summed E-state index contributed by atoms with van der Waals surface area (Å²) >= 11 is 0. The van der Waals surface area contributed by atoms with Gasteiger partial charge in [0.15, 0.2) is 11.6 Å². The third kappa shape index (κ3) is 4.37. The van der Waals surface area contributed by atoms with Crippen LogP contribution in [0.15, 0.2) is 48.5 Å². The minimum absolute atomic E-state index is 0.00882. The van der Waals surface area contributed by atoms with Crippen LogP contribution in [0, 0.1) is 11.7 Å². The van der Waals surface area contributed by atoms with E-state index in [-0.39, 0.29) is 29.7 Å². The smallest absolute Gasteiger partial charge is 0.223 e. The number of amides is 1. The number of nitrogens with one attached hydrogen (secondary N) is 1. The third-order valence-corrected chi connectivity index (χ3v) is 4.63. The second kappa shape index (κ2) is 7.66. The third-order valence-electron chi connectivity index (χ3n) is 4.63. The molecule has 1 aliphatic carbocycles. The van der Waals surface area contributed by atoms with Gasteiger partial charge in [-0.15, -0.1) is 0 Å². The number of ether oxygens (including phenoxy) is 1. The molecule has 1 fully saturated rings. The number of para-hydroxylation sites is 1. The predicted octanol–water partition coefficient (Wildman–Crippen LogP) is 3.92. The van der Waals surface area contributed by atoms with Crippen molar-refractivity contribution in [3.63, 3.8) is 0 Å². The number of hydrogen-bond acceptors (Lipinski definition) is 3. The van der Waals surface area contributed by atoms with Crippen LogP contribution in [-0.2, 0) is 4.79 Å². The van der Waals surface area contributed by atoms with Gasteiger partial charge in [0.1, 0.15) is 5.75 Å². The summed E-state index contributed by atoms with van der Waals surface area (Å²) in [7, 11) is 0. The predicted molar refractivity (Wildman–Crippen MR) is 94.8 cm³/mol. The molecule has 2 aromatic rings. The minimum atomic E-state index is -0.453. The second-order valence-electron chi connectivity index (χ2n) is 6.61. The van der Waals surface area contributed by atoms with Crippen LogP contribution >= 0.6 is 0 Å². The molecule has 132 valence electrons. The largest absolute Gasteiger partial charge is 0.454 e. The molecule has 4 nitrogen and oxygen atoms in total. The highest BCUT2D eigenvalue weighted by Gasteiger charge is 2.28. The van der Waals surface area contributed by atoms with Crippen LogP contribution < -0.4 is 15.8 Å². The van der Waals surface area contributed by atoms with E-state index in [2.05, 4.69) is 5.32 Å². The fourth-order valence-electron chi connectivity index (χ4n) is 3.15. The molecule has 0 aliphatic heterocycles. The summed E-state index contributed by atoms with van der Waals surface area (Å²) in [6.07, 6.45) is 2.42. The molecule has 0 spiro atoms. The summed E-state index contributed by atoms with van der Waals surface area (Å²) in [5.74, 6) is 0.238. The van der Waals surface area contributed by atoms with Crippen molar-refractivity contribution in [2.75, 3.05) is 0 Å². The number of carbonyl (C=O) groups excluding carboxylic acids is 1. The monoisotopic (exact) mass is 342 g/mol. The van der Waals surface area contributed by atoms with Gasteiger partial charge in [0.05, 0.1) is 6.04 Å². The fraction of sp³-hybridized carbons (Fsp3) is 0.350. The highest BCUT2D eigenvalue weighted by molar-refractivity contribution is 5.79. The lowest BCUT2D eigenvalue weighted by Gasteiger charge is -2.18. The average Bonchev–Trinajstić information content (AvgIpc) is 3.04. The van der Waals surface area contributed by atoms with Gasteiger partial charge in [0.2, 0.25) is 5.91 Å². The van der Waals surface area contributed by atoms with Crippen molar-refractivity contribution in [1.29, 1.82) is 0 Å². The number of nitrogens with two attached hydrogens (primary N) is 1. The number of benzene rings is 2. The summed E-state index contributed by atoms with van der Waals surface area (Å²) in [6.45, 7) is 1.85. The van der Waals surface area contributed by atoms with Gasteiger partial charge in [-0.3, -0.25) is 4.79 Å². The molecule has 0 heterocycles. The molecule has 5 heteroatoms. The van der Waals surface area contributed by atoms with Crippen molar-refractivity contribution in [3.8, 4) is 11.5 Å². The Labute approximate surface area is 147 Å². The molecule has 1 amide bonds. The standard InChI is InChI=1S/C20H23FN2O2/c1-13(23-20(24)15-7-9-16(22)11-15)14-8-10-19(18(21)12-14)25-17-5-3-2-4-6-17/h2-6,8,10,12-13,15-16H,7,9,11,22H2,1H3,(H,23,24). The maximum Gasteiger partial charge on any atom is 0.223 e. The second-order valence-corrected chi connectivity index (χ2v) is 6.61. The number of halogens is 1. The SMILES string of the molecule is CC(NC(=O)C1CCC(N)C1)c1ccc(Oc2ccccc2)c(F)c1. The molecule has 0 aromatic heterocycles. The van der Waals surface area contributed by atoms with Crippen LogP contribution in [0.1, 0.15) is 37.8 Å². The first-order valence-corrected chi connectivity index (χ1v) is 8.61. The van der Waals surface area contributed by atoms with Gasteiger partial charge in [-0.2, -0.15) is 0 Å². The Kier molecular flexibility index (Phi) is 5.34. The summed E-state index contributed by atoms with van der Waals surface area (Å²) in [6, 6.07) is 13.7. The lowest BCUT2D eigenvalue weighted by molar-refractivity contribution is -0.125. The van der Waals surface area contributed by atoms with Crippen LogP contribution in [-0.4, -0.2) is 11.9 Å². The maximum atomic E-state index is 14.3. The van der Waals surface area contributed by atoms with E-state index in [0.29, 0.717) is 11.3 Å². The Hall–Kier alpha value is -2.40. The van der Waals surface area contributed by atoms with Crippen LogP contribution in [0.3, 0.4) is 0 Å². The molecule has 0 radical (unpaired) electrons. The molecular formula is C20H23FN2O2. The van der Waals surface area contributed by atoms with E-state index in [1.807, 2.05) is 25.1 Å². The van der Waals surface area contributed by atoms with Crippen molar-refractivity contribution in [1.82, 2.24) is 5.32 Å². The normalized spacial score (nSPS) is 20.9. The highest BCUT2D eigenvalue weighted by Crippen LogP contribution is 2.28. The zero-order valence-electron chi connectivity index (χ0n) is 14.2. The molecule has 2 aromatic carbocycles. The Morgan fingerprint density at radius 3 is 2.64 bits per heavy atom. The molecule has 3 unspecified atom stereocenters. The summed E-state index contributed by atoms with van der Waals surface area (Å²) < 4.78 is 19.9. The van der Waals surface area contributed by atoms with E-state index < -0.39 is 5.82 Å². The lowest BCUT2D eigenvalue weighted by Crippen LogP contribution is -2.32. The van der Waals surface area contributed by atoms with E-state index >= 15 is 0 Å². The highest BCUT2D eigenvalue weighted by atomic mass is 19.1. The first kappa shape index (κ1) is 17.4. The topological polar surface area (TPSA) is 64.4 Å². The lowest BCUT2D eigenvalue weighted by atomic mass is 10.0. The molecule has 3 atom stereocenters. The maximum absolute atomic E-state index is 14.3. The van der Waals surface area contributed by atoms with Gasteiger partial charge in [-0.05, 0) is 56.0 Å². The van der Waals surface area contributed by atoms with Crippen molar-refractivity contribution in [2.24, 2.45) is 11.7 Å². The van der Waals surface area contributed by atoms with Crippen molar-refractivity contribution in [2.45, 2.75) is 38.3 Å². The van der Waals surface area contributed by atoms with Crippen molar-refractivity contribution in [3.05, 3.63) is 59.9 Å². The summed E-state index contributed by atoms with van der Waals surface area (Å²) in [4.78, 5) is 12.3. The fourth-order valence-corrected chi connectivity index (χ4v) is 3.15. The molecular weight excluding hydrogens is 319 g/mol. The summed E-state index contributed by atoms with van der Waals surface area (Å²) in [5, 5.41) is 2.95. The number of rotatable bonds is 5. The van der Waals surface area contributed by atoms with Crippen LogP contribution in [0.25, 0.3) is 0 Å². The van der Waals surface area contributed by atoms with Gasteiger partial charge >= 0.3 is 0 Å². The van der Waals surface area contributed by atoms with Gasteiger partial charge in [0.25, 0.3) is 0 Å².